The summed E-state index contributed by atoms with van der Waals surface area (Å²) in [6.45, 7) is 2.51. The van der Waals surface area contributed by atoms with Crippen molar-refractivity contribution >= 4 is 5.71 Å². The zero-order chi connectivity index (χ0) is 9.26. The first-order valence-corrected chi connectivity index (χ1v) is 4.26. The Bertz CT molecular complexity index is 358. The van der Waals surface area contributed by atoms with Gasteiger partial charge in [-0.2, -0.15) is 0 Å². The Kier molecular flexibility index (Phi) is 1.93. The van der Waals surface area contributed by atoms with E-state index in [4.69, 9.17) is 9.94 Å². The molecule has 0 amide bonds. The quantitative estimate of drug-likeness (QED) is 0.404. The Labute approximate surface area is 76.6 Å². The van der Waals surface area contributed by atoms with Crippen LogP contribution in [-0.2, 0) is 6.42 Å². The third-order valence-electron chi connectivity index (χ3n) is 2.28. The lowest BCUT2D eigenvalue weighted by Gasteiger charge is -2.04. The first kappa shape index (κ1) is 8.10. The molecule has 1 aromatic carbocycles. The Morgan fingerprint density at radius 1 is 1.54 bits per heavy atom. The van der Waals surface area contributed by atoms with Crippen LogP contribution in [0.5, 0.6) is 5.75 Å². The first-order valence-electron chi connectivity index (χ1n) is 4.26. The molecule has 3 heteroatoms. The molecule has 1 heterocycles. The summed E-state index contributed by atoms with van der Waals surface area (Å²) in [6, 6.07) is 5.80. The van der Waals surface area contributed by atoms with E-state index in [-0.39, 0.29) is 0 Å². The van der Waals surface area contributed by atoms with Gasteiger partial charge in [0.05, 0.1) is 12.3 Å². The van der Waals surface area contributed by atoms with Crippen molar-refractivity contribution in [1.82, 2.24) is 0 Å². The fourth-order valence-electron chi connectivity index (χ4n) is 1.61. The molecule has 0 fully saturated rings. The van der Waals surface area contributed by atoms with E-state index in [0.717, 1.165) is 29.9 Å². The van der Waals surface area contributed by atoms with Gasteiger partial charge in [0.2, 0.25) is 0 Å². The number of fused-ring (bicyclic) bond motifs is 1. The third kappa shape index (κ3) is 1.26. The average molecular weight is 177 g/mol. The predicted octanol–water partition coefficient (Wildman–Crippen LogP) is 1.82. The predicted molar refractivity (Wildman–Crippen MR) is 49.6 cm³/mol. The number of ether oxygens (including phenoxy) is 1. The molecule has 0 aliphatic carbocycles. The molecule has 13 heavy (non-hydrogen) atoms. The van der Waals surface area contributed by atoms with E-state index in [0.29, 0.717) is 5.71 Å². The van der Waals surface area contributed by atoms with Crippen LogP contribution in [0.1, 0.15) is 18.1 Å². The Hall–Kier alpha value is -1.51. The van der Waals surface area contributed by atoms with Crippen molar-refractivity contribution in [3.8, 4) is 5.75 Å². The summed E-state index contributed by atoms with van der Waals surface area (Å²) in [4.78, 5) is 0. The van der Waals surface area contributed by atoms with Crippen molar-refractivity contribution in [2.24, 2.45) is 5.16 Å². The number of oxime groups is 1. The van der Waals surface area contributed by atoms with Gasteiger partial charge in [-0.3, -0.25) is 0 Å². The molecule has 1 aromatic rings. The Balaban J connectivity index is 2.53. The molecule has 0 bridgehead atoms. The van der Waals surface area contributed by atoms with E-state index in [1.807, 2.05) is 18.2 Å². The summed E-state index contributed by atoms with van der Waals surface area (Å²) in [5.74, 6) is 0.917. The molecule has 1 aliphatic heterocycles. The van der Waals surface area contributed by atoms with Gasteiger partial charge in [-0.05, 0) is 13.0 Å². The highest BCUT2D eigenvalue weighted by molar-refractivity contribution is 6.00. The van der Waals surface area contributed by atoms with Gasteiger partial charge in [0.25, 0.3) is 0 Å². The van der Waals surface area contributed by atoms with Crippen LogP contribution >= 0.6 is 0 Å². The van der Waals surface area contributed by atoms with Crippen molar-refractivity contribution < 1.29 is 9.94 Å². The first-order chi connectivity index (χ1) is 6.33. The fraction of sp³-hybridized carbons (Fsp3) is 0.300. The molecule has 0 radical (unpaired) electrons. The van der Waals surface area contributed by atoms with Gasteiger partial charge in [0.1, 0.15) is 5.75 Å². The molecule has 1 aliphatic rings. The minimum atomic E-state index is 0.641. The second-order valence-corrected chi connectivity index (χ2v) is 3.07. The third-order valence-corrected chi connectivity index (χ3v) is 2.28. The van der Waals surface area contributed by atoms with Crippen LogP contribution < -0.4 is 4.74 Å². The van der Waals surface area contributed by atoms with Crippen LogP contribution in [-0.4, -0.2) is 17.5 Å². The number of benzene rings is 1. The van der Waals surface area contributed by atoms with Crippen LogP contribution in [0.15, 0.2) is 23.4 Å². The highest BCUT2D eigenvalue weighted by Gasteiger charge is 2.16. The monoisotopic (exact) mass is 177 g/mol. The molecule has 0 unspecified atom stereocenters. The minimum absolute atomic E-state index is 0.641. The number of nitrogens with zero attached hydrogens (tertiary/aromatic N) is 1. The fourth-order valence-corrected chi connectivity index (χ4v) is 1.61. The average Bonchev–Trinajstić information content (AvgIpc) is 2.63. The highest BCUT2D eigenvalue weighted by Crippen LogP contribution is 2.28. The van der Waals surface area contributed by atoms with Crippen LogP contribution in [0.25, 0.3) is 0 Å². The summed E-state index contributed by atoms with van der Waals surface area (Å²) in [5, 5.41) is 11.9. The van der Waals surface area contributed by atoms with Crippen molar-refractivity contribution in [3.63, 3.8) is 0 Å². The van der Waals surface area contributed by atoms with Gasteiger partial charge in [-0.15, -0.1) is 0 Å². The largest absolute Gasteiger partial charge is 0.493 e. The zero-order valence-electron chi connectivity index (χ0n) is 7.45. The van der Waals surface area contributed by atoms with Gasteiger partial charge >= 0.3 is 0 Å². The molecule has 0 saturated heterocycles. The molecular formula is C10H11NO2. The zero-order valence-corrected chi connectivity index (χ0v) is 7.45. The smallest absolute Gasteiger partial charge is 0.123 e. The Morgan fingerprint density at radius 2 is 2.38 bits per heavy atom. The van der Waals surface area contributed by atoms with Crippen molar-refractivity contribution in [1.29, 1.82) is 0 Å². The normalized spacial score (nSPS) is 15.3. The molecule has 68 valence electrons. The SMILES string of the molecule is CC(=NO)c1cccc2c1CCO2. The van der Waals surface area contributed by atoms with Crippen LogP contribution in [0.3, 0.4) is 0 Å². The molecule has 0 saturated carbocycles. The van der Waals surface area contributed by atoms with Crippen molar-refractivity contribution in [3.05, 3.63) is 29.3 Å². The molecule has 3 nitrogen and oxygen atoms in total. The minimum Gasteiger partial charge on any atom is -0.493 e. The van der Waals surface area contributed by atoms with Gasteiger partial charge in [-0.1, -0.05) is 17.3 Å². The summed E-state index contributed by atoms with van der Waals surface area (Å²) >= 11 is 0. The lowest BCUT2D eigenvalue weighted by molar-refractivity contribution is 0.319. The molecule has 0 aromatic heterocycles. The molecule has 0 spiro atoms. The molecule has 1 N–H and O–H groups in total. The lowest BCUT2D eigenvalue weighted by atomic mass is 10.0. The molecular weight excluding hydrogens is 166 g/mol. The number of rotatable bonds is 1. The maximum absolute atomic E-state index is 8.67. The molecule has 2 rings (SSSR count). The topological polar surface area (TPSA) is 41.8 Å². The van der Waals surface area contributed by atoms with Crippen molar-refractivity contribution in [2.45, 2.75) is 13.3 Å². The van der Waals surface area contributed by atoms with Gasteiger partial charge in [0.15, 0.2) is 0 Å². The number of hydrogen-bond donors (Lipinski definition) is 1. The maximum atomic E-state index is 8.67. The summed E-state index contributed by atoms with van der Waals surface area (Å²) in [7, 11) is 0. The van der Waals surface area contributed by atoms with E-state index < -0.39 is 0 Å². The van der Waals surface area contributed by atoms with Crippen LogP contribution in [0.2, 0.25) is 0 Å². The highest BCUT2D eigenvalue weighted by atomic mass is 16.5. The van der Waals surface area contributed by atoms with Gasteiger partial charge in [0, 0.05) is 17.5 Å². The summed E-state index contributed by atoms with van der Waals surface area (Å²) < 4.78 is 5.40. The second-order valence-electron chi connectivity index (χ2n) is 3.07. The van der Waals surface area contributed by atoms with Crippen LogP contribution in [0, 0.1) is 0 Å². The van der Waals surface area contributed by atoms with E-state index in [1.54, 1.807) is 6.92 Å². The van der Waals surface area contributed by atoms with Gasteiger partial charge in [-0.25, -0.2) is 0 Å². The maximum Gasteiger partial charge on any atom is 0.123 e. The van der Waals surface area contributed by atoms with E-state index in [2.05, 4.69) is 5.16 Å². The summed E-state index contributed by atoms with van der Waals surface area (Å²) in [6.07, 6.45) is 0.901. The second kappa shape index (κ2) is 3.09. The Morgan fingerprint density at radius 3 is 3.15 bits per heavy atom. The lowest BCUT2D eigenvalue weighted by Crippen LogP contribution is -1.98. The standard InChI is InChI=1S/C10H11NO2/c1-7(11-12)8-3-2-4-10-9(8)5-6-13-10/h2-4,12H,5-6H2,1H3. The van der Waals surface area contributed by atoms with E-state index >= 15 is 0 Å². The summed E-state index contributed by atoms with van der Waals surface area (Å²) in [5.41, 5.74) is 2.78. The van der Waals surface area contributed by atoms with E-state index in [1.165, 1.54) is 0 Å². The van der Waals surface area contributed by atoms with Gasteiger partial charge < -0.3 is 9.94 Å². The van der Waals surface area contributed by atoms with E-state index in [9.17, 15) is 0 Å². The number of hydrogen-bond acceptors (Lipinski definition) is 3. The van der Waals surface area contributed by atoms with Crippen LogP contribution in [0.4, 0.5) is 0 Å². The van der Waals surface area contributed by atoms with Crippen molar-refractivity contribution in [2.75, 3.05) is 6.61 Å². The molecule has 0 atom stereocenters.